The first-order valence-electron chi connectivity index (χ1n) is 5.75. The second-order valence-corrected chi connectivity index (χ2v) is 5.10. The van der Waals surface area contributed by atoms with E-state index in [0.717, 1.165) is 21.7 Å². The molecule has 0 spiro atoms. The van der Waals surface area contributed by atoms with E-state index < -0.39 is 5.97 Å². The maximum absolute atomic E-state index is 11.5. The number of aryl methyl sites for hydroxylation is 1. The summed E-state index contributed by atoms with van der Waals surface area (Å²) in [6.07, 6.45) is 1.49. The van der Waals surface area contributed by atoms with Crippen molar-refractivity contribution in [1.29, 1.82) is 0 Å². The van der Waals surface area contributed by atoms with Crippen LogP contribution in [0.15, 0.2) is 39.8 Å². The number of rotatable bonds is 4. The van der Waals surface area contributed by atoms with Crippen molar-refractivity contribution < 1.29 is 13.9 Å². The Morgan fingerprint density at radius 3 is 2.95 bits per heavy atom. The molecule has 1 aromatic heterocycles. The average Bonchev–Trinajstić information content (AvgIpc) is 2.87. The zero-order chi connectivity index (χ0) is 13.8. The van der Waals surface area contributed by atoms with Crippen molar-refractivity contribution in [3.63, 3.8) is 0 Å². The number of furan rings is 1. The third kappa shape index (κ3) is 3.12. The lowest BCUT2D eigenvalue weighted by molar-refractivity contribution is 0.0564. The first-order chi connectivity index (χ1) is 9.11. The minimum absolute atomic E-state index is 0.261. The van der Waals surface area contributed by atoms with E-state index in [4.69, 9.17) is 10.2 Å². The van der Waals surface area contributed by atoms with Gasteiger partial charge in [-0.25, -0.2) is 4.79 Å². The van der Waals surface area contributed by atoms with E-state index in [0.29, 0.717) is 5.75 Å². The van der Waals surface area contributed by atoms with E-state index in [1.54, 1.807) is 17.8 Å². The molecule has 0 radical (unpaired) electrons. The fraction of sp³-hybridized carbons (Fsp3) is 0.214. The van der Waals surface area contributed by atoms with Crippen LogP contribution in [-0.2, 0) is 10.5 Å². The molecule has 0 fully saturated rings. The monoisotopic (exact) mass is 277 g/mol. The number of carbonyl (C=O) groups excluding carboxylic acids is 1. The van der Waals surface area contributed by atoms with Crippen LogP contribution in [0.25, 0.3) is 0 Å². The van der Waals surface area contributed by atoms with Gasteiger partial charge in [-0.3, -0.25) is 0 Å². The van der Waals surface area contributed by atoms with Crippen LogP contribution in [0.5, 0.6) is 0 Å². The number of anilines is 1. The van der Waals surface area contributed by atoms with Gasteiger partial charge in [0.15, 0.2) is 0 Å². The highest BCUT2D eigenvalue weighted by Crippen LogP contribution is 2.29. The van der Waals surface area contributed by atoms with Crippen molar-refractivity contribution in [2.45, 2.75) is 17.6 Å². The van der Waals surface area contributed by atoms with Crippen LogP contribution < -0.4 is 5.73 Å². The number of hydrogen-bond donors (Lipinski definition) is 1. The molecule has 0 aliphatic carbocycles. The fourth-order valence-corrected chi connectivity index (χ4v) is 2.70. The highest BCUT2D eigenvalue weighted by molar-refractivity contribution is 7.98. The van der Waals surface area contributed by atoms with E-state index in [-0.39, 0.29) is 5.76 Å². The summed E-state index contributed by atoms with van der Waals surface area (Å²) in [6, 6.07) is 7.56. The van der Waals surface area contributed by atoms with Gasteiger partial charge >= 0.3 is 5.97 Å². The number of methoxy groups -OCH3 is 1. The zero-order valence-electron chi connectivity index (χ0n) is 10.8. The minimum atomic E-state index is -0.454. The molecule has 100 valence electrons. The Labute approximate surface area is 115 Å². The second kappa shape index (κ2) is 5.84. The van der Waals surface area contributed by atoms with E-state index in [2.05, 4.69) is 4.74 Å². The number of thioether (sulfide) groups is 1. The largest absolute Gasteiger partial charge is 0.463 e. The number of hydrogen-bond acceptors (Lipinski definition) is 5. The molecule has 1 aromatic carbocycles. The molecule has 0 saturated carbocycles. The number of benzene rings is 1. The molecule has 0 atom stereocenters. The second-order valence-electron chi connectivity index (χ2n) is 4.08. The molecule has 4 nitrogen and oxygen atoms in total. The van der Waals surface area contributed by atoms with Gasteiger partial charge in [0.1, 0.15) is 0 Å². The van der Waals surface area contributed by atoms with Gasteiger partial charge in [-0.05, 0) is 30.7 Å². The Bertz CT molecular complexity index is 592. The van der Waals surface area contributed by atoms with E-state index in [9.17, 15) is 4.79 Å². The molecule has 2 N–H and O–H groups in total. The summed E-state index contributed by atoms with van der Waals surface area (Å²) in [4.78, 5) is 12.6. The SMILES string of the molecule is COC(=O)c1occc1CSc1cc(N)ccc1C. The summed E-state index contributed by atoms with van der Waals surface area (Å²) in [5, 5.41) is 0. The van der Waals surface area contributed by atoms with Crippen LogP contribution in [0.3, 0.4) is 0 Å². The van der Waals surface area contributed by atoms with Crippen molar-refractivity contribution in [2.24, 2.45) is 0 Å². The molecule has 2 rings (SSSR count). The quantitative estimate of drug-likeness (QED) is 0.528. The average molecular weight is 277 g/mol. The van der Waals surface area contributed by atoms with Gasteiger partial charge in [0.25, 0.3) is 0 Å². The molecule has 0 aliphatic rings. The molecule has 19 heavy (non-hydrogen) atoms. The maximum Gasteiger partial charge on any atom is 0.374 e. The Morgan fingerprint density at radius 2 is 2.21 bits per heavy atom. The summed E-state index contributed by atoms with van der Waals surface area (Å²) >= 11 is 1.61. The number of carbonyl (C=O) groups is 1. The van der Waals surface area contributed by atoms with Gasteiger partial charge in [-0.2, -0.15) is 0 Å². The Kier molecular flexibility index (Phi) is 4.16. The Morgan fingerprint density at radius 1 is 1.42 bits per heavy atom. The standard InChI is InChI=1S/C14H15NO3S/c1-9-3-4-11(15)7-12(9)19-8-10-5-6-18-13(10)14(16)17-2/h3-7H,8,15H2,1-2H3. The zero-order valence-corrected chi connectivity index (χ0v) is 11.6. The molecule has 0 amide bonds. The molecular formula is C14H15NO3S. The molecule has 0 bridgehead atoms. The van der Waals surface area contributed by atoms with Crippen molar-refractivity contribution >= 4 is 23.4 Å². The summed E-state index contributed by atoms with van der Waals surface area (Å²) in [7, 11) is 1.34. The molecule has 1 heterocycles. The van der Waals surface area contributed by atoms with Gasteiger partial charge in [0.2, 0.25) is 5.76 Å². The Hall–Kier alpha value is -1.88. The van der Waals surface area contributed by atoms with Crippen molar-refractivity contribution in [3.8, 4) is 0 Å². The van der Waals surface area contributed by atoms with Crippen LogP contribution in [0.2, 0.25) is 0 Å². The molecule has 2 aromatic rings. The van der Waals surface area contributed by atoms with Crippen LogP contribution in [0.4, 0.5) is 5.69 Å². The molecule has 0 saturated heterocycles. The summed E-state index contributed by atoms with van der Waals surface area (Å²) < 4.78 is 9.82. The first kappa shape index (κ1) is 13.5. The van der Waals surface area contributed by atoms with Gasteiger partial charge < -0.3 is 14.9 Å². The van der Waals surface area contributed by atoms with E-state index >= 15 is 0 Å². The van der Waals surface area contributed by atoms with E-state index in [1.165, 1.54) is 13.4 Å². The van der Waals surface area contributed by atoms with E-state index in [1.807, 2.05) is 25.1 Å². The smallest absolute Gasteiger partial charge is 0.374 e. The lowest BCUT2D eigenvalue weighted by Crippen LogP contribution is -2.02. The van der Waals surface area contributed by atoms with Crippen LogP contribution in [-0.4, -0.2) is 13.1 Å². The first-order valence-corrected chi connectivity index (χ1v) is 6.74. The number of ether oxygens (including phenoxy) is 1. The van der Waals surface area contributed by atoms with Gasteiger partial charge in [-0.1, -0.05) is 6.07 Å². The Balaban J connectivity index is 2.13. The minimum Gasteiger partial charge on any atom is -0.463 e. The lowest BCUT2D eigenvalue weighted by Gasteiger charge is -2.06. The number of esters is 1. The third-order valence-electron chi connectivity index (χ3n) is 2.71. The molecule has 5 heteroatoms. The van der Waals surface area contributed by atoms with Gasteiger partial charge in [0.05, 0.1) is 13.4 Å². The topological polar surface area (TPSA) is 65.5 Å². The summed E-state index contributed by atoms with van der Waals surface area (Å²) in [5.74, 6) is 0.437. The van der Waals surface area contributed by atoms with Crippen LogP contribution >= 0.6 is 11.8 Å². The predicted molar refractivity (Wildman–Crippen MR) is 75.2 cm³/mol. The van der Waals surface area contributed by atoms with Crippen LogP contribution in [0, 0.1) is 6.92 Å². The lowest BCUT2D eigenvalue weighted by atomic mass is 10.2. The predicted octanol–water partition coefficient (Wildman–Crippen LogP) is 3.25. The molecule has 0 aliphatic heterocycles. The highest BCUT2D eigenvalue weighted by Gasteiger charge is 2.16. The fourth-order valence-electron chi connectivity index (χ4n) is 1.65. The summed E-state index contributed by atoms with van der Waals surface area (Å²) in [6.45, 7) is 2.03. The molecule has 0 unspecified atom stereocenters. The maximum atomic E-state index is 11.5. The third-order valence-corrected chi connectivity index (χ3v) is 3.92. The summed E-state index contributed by atoms with van der Waals surface area (Å²) in [5.41, 5.74) is 8.47. The number of nitrogens with two attached hydrogens (primary N) is 1. The number of nitrogen functional groups attached to an aromatic ring is 1. The van der Waals surface area contributed by atoms with Crippen molar-refractivity contribution in [2.75, 3.05) is 12.8 Å². The van der Waals surface area contributed by atoms with Crippen molar-refractivity contribution in [1.82, 2.24) is 0 Å². The molecular weight excluding hydrogens is 262 g/mol. The van der Waals surface area contributed by atoms with Gasteiger partial charge in [0, 0.05) is 21.9 Å². The van der Waals surface area contributed by atoms with Crippen molar-refractivity contribution in [3.05, 3.63) is 47.4 Å². The highest BCUT2D eigenvalue weighted by atomic mass is 32.2. The van der Waals surface area contributed by atoms with Crippen LogP contribution in [0.1, 0.15) is 21.7 Å². The van der Waals surface area contributed by atoms with Gasteiger partial charge in [-0.15, -0.1) is 11.8 Å². The normalized spacial score (nSPS) is 10.4.